The Morgan fingerprint density at radius 2 is 1.42 bits per heavy atom. The number of fused-ring (bicyclic) bond motifs is 2. The molecule has 3 rings (SSSR count). The molecule has 0 bridgehead atoms. The van der Waals surface area contributed by atoms with Crippen molar-refractivity contribution in [1.82, 2.24) is 0 Å². The summed E-state index contributed by atoms with van der Waals surface area (Å²) in [7, 11) is 24.5. The van der Waals surface area contributed by atoms with E-state index >= 15 is 0 Å². The summed E-state index contributed by atoms with van der Waals surface area (Å²) in [5.41, 5.74) is 3.60. The normalized spacial score (nSPS) is 14.2. The van der Waals surface area contributed by atoms with Crippen LogP contribution in [-0.2, 0) is 15.1 Å². The van der Waals surface area contributed by atoms with Crippen molar-refractivity contribution in [2.45, 2.75) is 4.90 Å². The Morgan fingerprint density at radius 3 is 2.00 bits per heavy atom. The fourth-order valence-electron chi connectivity index (χ4n) is 2.44. The van der Waals surface area contributed by atoms with Crippen LogP contribution in [0, 0.1) is 4.51 Å². The van der Waals surface area contributed by atoms with Gasteiger partial charge in [-0.15, -0.1) is 0 Å². The van der Waals surface area contributed by atoms with Crippen LogP contribution in [0.2, 0.25) is 0 Å². The second-order valence-electron chi connectivity index (χ2n) is 5.73. The third-order valence-corrected chi connectivity index (χ3v) is 6.20. The van der Waals surface area contributed by atoms with E-state index < -0.39 is 24.8 Å². The first-order valence-corrected chi connectivity index (χ1v) is 17.2. The van der Waals surface area contributed by atoms with Crippen molar-refractivity contribution in [2.24, 2.45) is 0 Å². The van der Waals surface area contributed by atoms with Gasteiger partial charge in [0.05, 0.1) is 0 Å². The Bertz CT molecular complexity index is 853. The van der Waals surface area contributed by atoms with E-state index in [9.17, 15) is 0 Å². The maximum atomic E-state index is 6.80. The molecule has 0 saturated heterocycles. The molecule has 1 heterocycles. The Labute approximate surface area is 166 Å². The van der Waals surface area contributed by atoms with E-state index in [4.69, 9.17) is 30.1 Å². The summed E-state index contributed by atoms with van der Waals surface area (Å²) in [6, 6.07) is 13.0. The Kier molecular flexibility index (Phi) is 7.45. The van der Waals surface area contributed by atoms with Crippen molar-refractivity contribution in [3.05, 3.63) is 51.7 Å². The number of hydrogen-bond donors (Lipinski definition) is 0. The van der Waals surface area contributed by atoms with Crippen LogP contribution in [0.4, 0.5) is 11.4 Å². The molecule has 0 saturated carbocycles. The first-order chi connectivity index (χ1) is 11.4. The zero-order chi connectivity index (χ0) is 17.9. The van der Waals surface area contributed by atoms with Gasteiger partial charge in [-0.25, -0.2) is 0 Å². The Balaban J connectivity index is 0.000000647. The minimum absolute atomic E-state index is 0.406. The topological polar surface area (TPSA) is 6.48 Å². The van der Waals surface area contributed by atoms with Crippen LogP contribution >= 0.6 is 39.8 Å². The third kappa shape index (κ3) is 4.48. The zero-order valence-electron chi connectivity index (χ0n) is 14.2. The summed E-state index contributed by atoms with van der Waals surface area (Å²) in [5, 5.41) is 1.23. The second kappa shape index (κ2) is 8.91. The van der Waals surface area contributed by atoms with Gasteiger partial charge in [-0.1, -0.05) is 21.8 Å². The van der Waals surface area contributed by atoms with E-state index in [1.807, 2.05) is 0 Å². The number of halogens is 3. The molecule has 2 nitrogen and oxygen atoms in total. The van der Waals surface area contributed by atoms with Gasteiger partial charge in [0.2, 0.25) is 0 Å². The monoisotopic (exact) mass is 452 g/mol. The van der Waals surface area contributed by atoms with Gasteiger partial charge in [-0.3, -0.25) is 0 Å². The van der Waals surface area contributed by atoms with Crippen LogP contribution in [0.25, 0.3) is 6.08 Å². The quantitative estimate of drug-likeness (QED) is 0.461. The van der Waals surface area contributed by atoms with Gasteiger partial charge in [0.1, 0.15) is 0 Å². The molecule has 1 atom stereocenters. The van der Waals surface area contributed by atoms with E-state index in [0.717, 1.165) is 0 Å². The van der Waals surface area contributed by atoms with Crippen molar-refractivity contribution in [2.75, 3.05) is 38.0 Å². The number of hydrogen-bond acceptors (Lipinski definition) is 2. The van der Waals surface area contributed by atoms with Crippen LogP contribution in [0.1, 0.15) is 5.56 Å². The van der Waals surface area contributed by atoms with Crippen LogP contribution in [0.3, 0.4) is 0 Å². The average Bonchev–Trinajstić information content (AvgIpc) is 2.55. The first kappa shape index (κ1) is 20.1. The molecular weight excluding hydrogens is 436 g/mol. The SMILES string of the molecule is CN(C)c1ccc2c(c1)S(Cl)=c1cc(N(C)C)ccc1=C2.[Cl][Zn][Cl]. The summed E-state index contributed by atoms with van der Waals surface area (Å²) in [5.74, 6) is 0. The molecule has 1 unspecified atom stereocenters. The average molecular weight is 455 g/mol. The Morgan fingerprint density at radius 1 is 0.875 bits per heavy atom. The fraction of sp³-hybridized carbons (Fsp3) is 0.235. The van der Waals surface area contributed by atoms with Gasteiger partial charge < -0.3 is 9.80 Å². The predicted molar refractivity (Wildman–Crippen MR) is 107 cm³/mol. The molecule has 2 aromatic carbocycles. The van der Waals surface area contributed by atoms with Gasteiger partial charge in [-0.05, 0) is 51.8 Å². The van der Waals surface area contributed by atoms with Gasteiger partial charge in [0, 0.05) is 49.0 Å². The molecule has 2 aromatic rings. The van der Waals surface area contributed by atoms with Crippen LogP contribution < -0.4 is 15.0 Å². The number of nitrogens with zero attached hydrogens (tertiary/aromatic N) is 2. The van der Waals surface area contributed by atoms with Gasteiger partial charge >= 0.3 is 34.5 Å². The minimum atomic E-state index is -0.931. The molecule has 0 aromatic heterocycles. The summed E-state index contributed by atoms with van der Waals surface area (Å²) in [6.07, 6.45) is 2.23. The number of benzene rings is 2. The molecule has 0 N–H and O–H groups in total. The molecule has 0 spiro atoms. The molecule has 0 fully saturated rings. The van der Waals surface area contributed by atoms with Gasteiger partial charge in [0.15, 0.2) is 0 Å². The van der Waals surface area contributed by atoms with E-state index in [1.165, 1.54) is 31.6 Å². The summed E-state index contributed by atoms with van der Waals surface area (Å²) < 4.78 is 1.21. The molecule has 0 aliphatic carbocycles. The van der Waals surface area contributed by atoms with E-state index in [0.29, 0.717) is 0 Å². The summed E-state index contributed by atoms with van der Waals surface area (Å²) >= 11 is -0.931. The van der Waals surface area contributed by atoms with Crippen LogP contribution in [-0.4, -0.2) is 28.2 Å². The zero-order valence-corrected chi connectivity index (χ0v) is 20.2. The summed E-state index contributed by atoms with van der Waals surface area (Å²) in [6.45, 7) is 0. The van der Waals surface area contributed by atoms with Crippen molar-refractivity contribution in [3.8, 4) is 0 Å². The van der Waals surface area contributed by atoms with Gasteiger partial charge in [0.25, 0.3) is 0 Å². The first-order valence-electron chi connectivity index (χ1n) is 7.39. The number of rotatable bonds is 2. The Hall–Kier alpha value is -0.247. The maximum absolute atomic E-state index is 6.80. The molecule has 7 heteroatoms. The molecule has 24 heavy (non-hydrogen) atoms. The molecular formula is C17H19Cl3N2SZn. The van der Waals surface area contributed by atoms with E-state index in [2.05, 4.69) is 80.5 Å². The standard InChI is InChI=1S/C17H19ClN2S.2ClH.Zn/c1-19(2)14-7-5-12-9-13-6-8-15(20(3)4)11-17(13)21(18)16(12)10-14;;;/h5-11H,1-4H3;2*1H;/q;;;+2/p-2. The number of anilines is 2. The molecule has 1 aliphatic heterocycles. The fourth-order valence-corrected chi connectivity index (χ4v) is 4.59. The molecule has 0 radical (unpaired) electrons. The third-order valence-electron chi connectivity index (χ3n) is 3.72. The van der Waals surface area contributed by atoms with Crippen molar-refractivity contribution in [1.29, 1.82) is 0 Å². The van der Waals surface area contributed by atoms with Crippen LogP contribution in [0.15, 0.2) is 41.3 Å². The predicted octanol–water partition coefficient (Wildman–Crippen LogP) is 5.07. The molecule has 126 valence electrons. The molecule has 1 aliphatic rings. The summed E-state index contributed by atoms with van der Waals surface area (Å²) in [4.78, 5) is 5.44. The van der Waals surface area contributed by atoms with Crippen LogP contribution in [0.5, 0.6) is 0 Å². The van der Waals surface area contributed by atoms with Crippen molar-refractivity contribution in [3.63, 3.8) is 0 Å². The van der Waals surface area contributed by atoms with E-state index in [-0.39, 0.29) is 0 Å². The van der Waals surface area contributed by atoms with Crippen molar-refractivity contribution >= 4 is 57.2 Å². The molecule has 0 amide bonds. The van der Waals surface area contributed by atoms with Gasteiger partial charge in [-0.2, -0.15) is 0 Å². The van der Waals surface area contributed by atoms with E-state index in [1.54, 1.807) is 0 Å². The van der Waals surface area contributed by atoms with Crippen molar-refractivity contribution < 1.29 is 15.1 Å². The second-order valence-corrected chi connectivity index (χ2v) is 12.7.